The summed E-state index contributed by atoms with van der Waals surface area (Å²) < 4.78 is 49.7. The normalized spacial score (nSPS) is 12.5. The molecule has 2 aromatic rings. The van der Waals surface area contributed by atoms with E-state index >= 15 is 0 Å². The highest BCUT2D eigenvalue weighted by molar-refractivity contribution is 7.92. The molecule has 2 rings (SSSR count). The van der Waals surface area contributed by atoms with Crippen LogP contribution in [-0.4, -0.2) is 26.6 Å². The number of aromatic nitrogens is 2. The molecular formula is C11H12Cl2N4O4S2. The number of nitrogens with zero attached hydrogens (tertiary/aromatic N) is 2. The minimum Gasteiger partial charge on any atom is -0.255 e. The highest BCUT2D eigenvalue weighted by Gasteiger charge is 2.27. The summed E-state index contributed by atoms with van der Waals surface area (Å²) in [5.41, 5.74) is 0.135. The Morgan fingerprint density at radius 3 is 2.00 bits per heavy atom. The summed E-state index contributed by atoms with van der Waals surface area (Å²) in [5, 5.41) is 4.07. The molecule has 0 unspecified atom stereocenters. The third kappa shape index (κ3) is 3.84. The van der Waals surface area contributed by atoms with E-state index in [0.717, 1.165) is 0 Å². The van der Waals surface area contributed by atoms with Gasteiger partial charge in [0.25, 0.3) is 20.0 Å². The molecule has 0 spiro atoms. The van der Waals surface area contributed by atoms with E-state index in [1.165, 1.54) is 42.9 Å². The van der Waals surface area contributed by atoms with Gasteiger partial charge in [0.1, 0.15) is 10.0 Å². The number of sulfonamides is 2. The number of halogens is 2. The average Bonchev–Trinajstić information content (AvgIpc) is 2.71. The predicted octanol–water partition coefficient (Wildman–Crippen LogP) is 1.21. The first-order chi connectivity index (χ1) is 10.5. The zero-order chi connectivity index (χ0) is 17.4. The van der Waals surface area contributed by atoms with E-state index in [0.29, 0.717) is 5.02 Å². The molecule has 23 heavy (non-hydrogen) atoms. The van der Waals surface area contributed by atoms with Gasteiger partial charge in [-0.2, -0.15) is 5.10 Å². The van der Waals surface area contributed by atoms with Crippen molar-refractivity contribution in [3.8, 4) is 0 Å². The number of hydrogen-bond acceptors (Lipinski definition) is 5. The summed E-state index contributed by atoms with van der Waals surface area (Å²) in [4.78, 5) is 3.12. The molecule has 0 atom stereocenters. The van der Waals surface area contributed by atoms with Gasteiger partial charge in [-0.15, -0.1) is 9.66 Å². The van der Waals surface area contributed by atoms with Crippen molar-refractivity contribution in [1.29, 1.82) is 0 Å². The monoisotopic (exact) mass is 398 g/mol. The van der Waals surface area contributed by atoms with Crippen molar-refractivity contribution in [1.82, 2.24) is 19.4 Å². The minimum absolute atomic E-state index is 0.135. The molecular weight excluding hydrogens is 387 g/mol. The van der Waals surface area contributed by atoms with E-state index in [1.807, 2.05) is 0 Å². The van der Waals surface area contributed by atoms with Gasteiger partial charge in [0, 0.05) is 12.1 Å². The fourth-order valence-electron chi connectivity index (χ4n) is 1.75. The van der Waals surface area contributed by atoms with Crippen molar-refractivity contribution in [2.24, 2.45) is 7.05 Å². The Bertz CT molecular complexity index is 937. The second kappa shape index (κ2) is 6.38. The molecule has 0 aliphatic carbocycles. The summed E-state index contributed by atoms with van der Waals surface area (Å²) in [6.07, 6.45) is 0. The van der Waals surface area contributed by atoms with E-state index in [4.69, 9.17) is 23.2 Å². The highest BCUT2D eigenvalue weighted by Crippen LogP contribution is 2.23. The van der Waals surface area contributed by atoms with Crippen LogP contribution in [-0.2, 0) is 27.1 Å². The number of rotatable bonds is 5. The van der Waals surface area contributed by atoms with E-state index < -0.39 is 20.0 Å². The number of aryl methyl sites for hydroxylation is 2. The summed E-state index contributed by atoms with van der Waals surface area (Å²) in [6, 6.07) is 5.21. The lowest BCUT2D eigenvalue weighted by atomic mass is 10.4. The fraction of sp³-hybridized carbons (Fsp3) is 0.182. The maximum atomic E-state index is 12.2. The van der Waals surface area contributed by atoms with E-state index in [2.05, 4.69) is 5.10 Å². The summed E-state index contributed by atoms with van der Waals surface area (Å²) in [6.45, 7) is 1.44. The Hall–Kier alpha value is -1.17. The standard InChI is InChI=1S/C11H12Cl2N4O4S2/c1-7-10(11(13)17(2)14-7)23(20,21)16-15-22(18,19)9-5-3-8(12)4-6-9/h3-6,15-16H,1-2H3. The maximum Gasteiger partial charge on any atom is 0.259 e. The third-order valence-corrected chi connectivity index (χ3v) is 6.39. The molecule has 12 heteroatoms. The second-order valence-corrected chi connectivity index (χ2v) is 8.59. The largest absolute Gasteiger partial charge is 0.259 e. The van der Waals surface area contributed by atoms with Crippen molar-refractivity contribution in [3.63, 3.8) is 0 Å². The molecule has 0 saturated carbocycles. The number of benzene rings is 1. The van der Waals surface area contributed by atoms with E-state index in [9.17, 15) is 16.8 Å². The lowest BCUT2D eigenvalue weighted by Gasteiger charge is -2.09. The van der Waals surface area contributed by atoms with Gasteiger partial charge >= 0.3 is 0 Å². The lowest BCUT2D eigenvalue weighted by molar-refractivity contribution is 0.557. The van der Waals surface area contributed by atoms with Crippen LogP contribution < -0.4 is 9.66 Å². The molecule has 0 fully saturated rings. The Balaban J connectivity index is 2.27. The summed E-state index contributed by atoms with van der Waals surface area (Å²) in [7, 11) is -6.87. The van der Waals surface area contributed by atoms with E-state index in [-0.39, 0.29) is 20.6 Å². The van der Waals surface area contributed by atoms with Crippen LogP contribution in [0.5, 0.6) is 0 Å². The average molecular weight is 399 g/mol. The zero-order valence-corrected chi connectivity index (χ0v) is 15.1. The van der Waals surface area contributed by atoms with Crippen LogP contribution in [0.3, 0.4) is 0 Å². The molecule has 1 heterocycles. The molecule has 2 N–H and O–H groups in total. The molecule has 0 saturated heterocycles. The highest BCUT2D eigenvalue weighted by atomic mass is 35.5. The third-order valence-electron chi connectivity index (χ3n) is 2.80. The second-order valence-electron chi connectivity index (χ2n) is 4.49. The van der Waals surface area contributed by atoms with Gasteiger partial charge in [-0.1, -0.05) is 23.2 Å². The van der Waals surface area contributed by atoms with Crippen LogP contribution in [0.25, 0.3) is 0 Å². The lowest BCUT2D eigenvalue weighted by Crippen LogP contribution is -2.41. The number of hydrazine groups is 1. The zero-order valence-electron chi connectivity index (χ0n) is 11.9. The smallest absolute Gasteiger partial charge is 0.255 e. The van der Waals surface area contributed by atoms with Crippen LogP contribution >= 0.6 is 23.2 Å². The number of hydrogen-bond donors (Lipinski definition) is 2. The van der Waals surface area contributed by atoms with Crippen molar-refractivity contribution in [3.05, 3.63) is 40.1 Å². The van der Waals surface area contributed by atoms with E-state index in [1.54, 1.807) is 9.66 Å². The van der Waals surface area contributed by atoms with Gasteiger partial charge in [0.05, 0.1) is 10.6 Å². The fourth-order valence-corrected chi connectivity index (χ4v) is 4.73. The SMILES string of the molecule is Cc1nn(C)c(Cl)c1S(=O)(=O)NNS(=O)(=O)c1ccc(Cl)cc1. The molecule has 0 amide bonds. The summed E-state index contributed by atoms with van der Waals surface area (Å²) >= 11 is 11.6. The Kier molecular flexibility index (Phi) is 5.04. The van der Waals surface area contributed by atoms with Crippen LogP contribution in [0, 0.1) is 6.92 Å². The van der Waals surface area contributed by atoms with Crippen LogP contribution in [0.15, 0.2) is 34.1 Å². The van der Waals surface area contributed by atoms with Crippen molar-refractivity contribution < 1.29 is 16.8 Å². The number of nitrogens with one attached hydrogen (secondary N) is 2. The Labute approximate surface area is 143 Å². The molecule has 0 aliphatic heterocycles. The van der Waals surface area contributed by atoms with Gasteiger partial charge < -0.3 is 0 Å². The van der Waals surface area contributed by atoms with Crippen molar-refractivity contribution in [2.75, 3.05) is 0 Å². The van der Waals surface area contributed by atoms with Gasteiger partial charge in [0.2, 0.25) is 0 Å². The Morgan fingerprint density at radius 2 is 1.52 bits per heavy atom. The topological polar surface area (TPSA) is 110 Å². The Morgan fingerprint density at radius 1 is 1.00 bits per heavy atom. The molecule has 8 nitrogen and oxygen atoms in total. The first-order valence-electron chi connectivity index (χ1n) is 6.03. The van der Waals surface area contributed by atoms with Crippen LogP contribution in [0.2, 0.25) is 10.2 Å². The van der Waals surface area contributed by atoms with Crippen LogP contribution in [0.1, 0.15) is 5.69 Å². The molecule has 1 aromatic heterocycles. The molecule has 126 valence electrons. The van der Waals surface area contributed by atoms with Gasteiger partial charge in [-0.25, -0.2) is 16.8 Å². The van der Waals surface area contributed by atoms with Crippen molar-refractivity contribution >= 4 is 43.2 Å². The molecule has 1 aromatic carbocycles. The van der Waals surface area contributed by atoms with Gasteiger partial charge in [0.15, 0.2) is 0 Å². The van der Waals surface area contributed by atoms with Gasteiger partial charge in [-0.05, 0) is 31.2 Å². The summed E-state index contributed by atoms with van der Waals surface area (Å²) in [5.74, 6) is 0. The maximum absolute atomic E-state index is 12.2. The van der Waals surface area contributed by atoms with Crippen molar-refractivity contribution in [2.45, 2.75) is 16.7 Å². The first-order valence-corrected chi connectivity index (χ1v) is 9.75. The first kappa shape index (κ1) is 18.2. The molecule has 0 radical (unpaired) electrons. The molecule has 0 aliphatic rings. The quantitative estimate of drug-likeness (QED) is 0.735. The minimum atomic E-state index is -4.23. The van der Waals surface area contributed by atoms with Crippen LogP contribution in [0.4, 0.5) is 0 Å². The predicted molar refractivity (Wildman–Crippen MR) is 85.1 cm³/mol. The van der Waals surface area contributed by atoms with Gasteiger partial charge in [-0.3, -0.25) is 4.68 Å². The molecule has 0 bridgehead atoms.